The van der Waals surface area contributed by atoms with Crippen LogP contribution in [-0.4, -0.2) is 26.6 Å². The molecule has 0 radical (unpaired) electrons. The van der Waals surface area contributed by atoms with Crippen molar-refractivity contribution in [2.75, 3.05) is 5.32 Å². The summed E-state index contributed by atoms with van der Waals surface area (Å²) in [5.74, 6) is -0.399. The van der Waals surface area contributed by atoms with Crippen molar-refractivity contribution in [3.63, 3.8) is 0 Å². The van der Waals surface area contributed by atoms with E-state index in [2.05, 4.69) is 20.6 Å². The molecule has 9 heteroatoms. The Hall–Kier alpha value is -4.43. The fourth-order valence-corrected chi connectivity index (χ4v) is 4.18. The van der Waals surface area contributed by atoms with E-state index >= 15 is 4.39 Å². The van der Waals surface area contributed by atoms with Gasteiger partial charge in [0.15, 0.2) is 11.6 Å². The Morgan fingerprint density at radius 1 is 1.03 bits per heavy atom. The number of urea groups is 1. The highest BCUT2D eigenvalue weighted by Gasteiger charge is 2.24. The summed E-state index contributed by atoms with van der Waals surface area (Å²) in [7, 11) is 0. The van der Waals surface area contributed by atoms with Gasteiger partial charge in [-0.05, 0) is 55.3 Å². The second kappa shape index (κ2) is 9.55. The number of carbonyl (C=O) groups is 1. The lowest BCUT2D eigenvalue weighted by atomic mass is 10.1. The largest absolute Gasteiger partial charge is 0.453 e. The summed E-state index contributed by atoms with van der Waals surface area (Å²) in [6.07, 6.45) is 7.21. The zero-order valence-electron chi connectivity index (χ0n) is 19.5. The van der Waals surface area contributed by atoms with Crippen molar-refractivity contribution in [2.24, 2.45) is 0 Å². The van der Waals surface area contributed by atoms with Crippen LogP contribution in [0.25, 0.3) is 27.8 Å². The van der Waals surface area contributed by atoms with Crippen LogP contribution in [0.15, 0.2) is 85.5 Å². The van der Waals surface area contributed by atoms with Gasteiger partial charge in [-0.3, -0.25) is 4.98 Å². The first-order valence-corrected chi connectivity index (χ1v) is 12.1. The smallest absolute Gasteiger partial charge is 0.319 e. The number of hydrogen-bond acceptors (Lipinski definition) is 4. The number of hydrogen-bond donors (Lipinski definition) is 2. The van der Waals surface area contributed by atoms with Crippen molar-refractivity contribution in [2.45, 2.75) is 18.9 Å². The predicted molar refractivity (Wildman–Crippen MR) is 141 cm³/mol. The molecular formula is C28H21ClFN5O2. The molecule has 0 bridgehead atoms. The Morgan fingerprint density at radius 2 is 1.86 bits per heavy atom. The Labute approximate surface area is 216 Å². The minimum Gasteiger partial charge on any atom is -0.453 e. The molecule has 1 saturated carbocycles. The van der Waals surface area contributed by atoms with Gasteiger partial charge >= 0.3 is 6.03 Å². The van der Waals surface area contributed by atoms with Crippen LogP contribution in [0.5, 0.6) is 11.5 Å². The van der Waals surface area contributed by atoms with Crippen LogP contribution in [0.1, 0.15) is 12.8 Å². The van der Waals surface area contributed by atoms with E-state index in [4.69, 9.17) is 16.3 Å². The number of anilines is 1. The van der Waals surface area contributed by atoms with Gasteiger partial charge in [-0.1, -0.05) is 35.9 Å². The number of rotatable bonds is 6. The van der Waals surface area contributed by atoms with Gasteiger partial charge in [0.2, 0.25) is 0 Å². The highest BCUT2D eigenvalue weighted by molar-refractivity contribution is 6.34. The third kappa shape index (κ3) is 4.83. The maximum Gasteiger partial charge on any atom is 0.319 e. The first-order chi connectivity index (χ1) is 18.0. The average Bonchev–Trinajstić information content (AvgIpc) is 3.59. The lowest BCUT2D eigenvalue weighted by Gasteiger charge is -2.13. The summed E-state index contributed by atoms with van der Waals surface area (Å²) in [5.41, 5.74) is 3.54. The first kappa shape index (κ1) is 23.0. The van der Waals surface area contributed by atoms with E-state index in [9.17, 15) is 4.79 Å². The van der Waals surface area contributed by atoms with Gasteiger partial charge in [0, 0.05) is 35.1 Å². The summed E-state index contributed by atoms with van der Waals surface area (Å²) < 4.78 is 22.9. The molecule has 3 aromatic carbocycles. The zero-order valence-corrected chi connectivity index (χ0v) is 20.2. The Morgan fingerprint density at radius 3 is 2.68 bits per heavy atom. The van der Waals surface area contributed by atoms with Crippen molar-refractivity contribution < 1.29 is 13.9 Å². The van der Waals surface area contributed by atoms with Crippen LogP contribution in [0.3, 0.4) is 0 Å². The van der Waals surface area contributed by atoms with Gasteiger partial charge in [0.25, 0.3) is 0 Å². The molecule has 0 unspecified atom stereocenters. The molecule has 37 heavy (non-hydrogen) atoms. The van der Waals surface area contributed by atoms with Crippen molar-refractivity contribution in [1.29, 1.82) is 0 Å². The first-order valence-electron chi connectivity index (χ1n) is 11.8. The van der Waals surface area contributed by atoms with Crippen molar-refractivity contribution in [3.05, 3.63) is 96.3 Å². The molecule has 0 atom stereocenters. The standard InChI is InChI=1S/C28H21ClFN5O2/c29-26-21(34-28(36)33-18-7-8-18)10-11-25(27(26)30)37-24-12-13-31-22-14-17(6-9-20(22)24)23-15-35(16-32-23)19-4-2-1-3-5-19/h1-6,9-16,18H,7-8H2,(H2,33,34,36). The highest BCUT2D eigenvalue weighted by Crippen LogP contribution is 2.37. The van der Waals surface area contributed by atoms with Gasteiger partial charge in [-0.25, -0.2) is 14.2 Å². The Balaban J connectivity index is 1.25. The molecular weight excluding hydrogens is 493 g/mol. The van der Waals surface area contributed by atoms with E-state index in [1.165, 1.54) is 12.1 Å². The third-order valence-electron chi connectivity index (χ3n) is 6.06. The van der Waals surface area contributed by atoms with Crippen LogP contribution in [0.4, 0.5) is 14.9 Å². The number of para-hydroxylation sites is 1. The monoisotopic (exact) mass is 513 g/mol. The fourth-order valence-electron chi connectivity index (χ4n) is 3.98. The lowest BCUT2D eigenvalue weighted by Crippen LogP contribution is -2.30. The van der Waals surface area contributed by atoms with Crippen molar-refractivity contribution >= 4 is 34.2 Å². The van der Waals surface area contributed by atoms with Crippen LogP contribution >= 0.6 is 11.6 Å². The number of carbonyl (C=O) groups excluding carboxylic acids is 1. The topological polar surface area (TPSA) is 81.1 Å². The molecule has 6 rings (SSSR count). The summed E-state index contributed by atoms with van der Waals surface area (Å²) >= 11 is 6.20. The van der Waals surface area contributed by atoms with E-state index in [0.29, 0.717) is 16.7 Å². The SMILES string of the molecule is O=C(Nc1ccc(Oc2ccnc3cc(-c4cn(-c5ccccc5)cn4)ccc23)c(F)c1Cl)NC1CC1. The zero-order chi connectivity index (χ0) is 25.4. The highest BCUT2D eigenvalue weighted by atomic mass is 35.5. The van der Waals surface area contributed by atoms with Crippen molar-refractivity contribution in [3.8, 4) is 28.4 Å². The number of ether oxygens (including phenoxy) is 1. The number of amides is 2. The summed E-state index contributed by atoms with van der Waals surface area (Å²) in [6, 6.07) is 20.0. The molecule has 2 amide bonds. The molecule has 7 nitrogen and oxygen atoms in total. The van der Waals surface area contributed by atoms with Crippen molar-refractivity contribution in [1.82, 2.24) is 19.9 Å². The molecule has 1 aliphatic rings. The maximum absolute atomic E-state index is 15.0. The molecule has 0 aliphatic heterocycles. The minimum atomic E-state index is -0.765. The number of benzene rings is 3. The molecule has 2 heterocycles. The van der Waals surface area contributed by atoms with Crippen LogP contribution in [0.2, 0.25) is 5.02 Å². The summed E-state index contributed by atoms with van der Waals surface area (Å²) in [6.45, 7) is 0. The normalized spacial score (nSPS) is 12.9. The number of aromatic nitrogens is 3. The summed E-state index contributed by atoms with van der Waals surface area (Å²) in [4.78, 5) is 21.0. The van der Waals surface area contributed by atoms with Gasteiger partial charge < -0.3 is 19.9 Å². The number of nitrogens with one attached hydrogen (secondary N) is 2. The average molecular weight is 514 g/mol. The van der Waals surface area contributed by atoms with E-state index in [1.807, 2.05) is 59.3 Å². The number of halogens is 2. The molecule has 184 valence electrons. The molecule has 0 spiro atoms. The number of pyridine rings is 1. The molecule has 1 aliphatic carbocycles. The van der Waals surface area contributed by atoms with E-state index < -0.39 is 11.8 Å². The van der Waals surface area contributed by atoms with Crippen LogP contribution in [-0.2, 0) is 0 Å². The van der Waals surface area contributed by atoms with E-state index in [-0.39, 0.29) is 22.5 Å². The quantitative estimate of drug-likeness (QED) is 0.257. The van der Waals surface area contributed by atoms with E-state index in [0.717, 1.165) is 29.8 Å². The van der Waals surface area contributed by atoms with Crippen LogP contribution in [0, 0.1) is 5.82 Å². The second-order valence-corrected chi connectivity index (χ2v) is 9.13. The molecule has 0 saturated heterocycles. The number of imidazole rings is 1. The molecule has 2 N–H and O–H groups in total. The summed E-state index contributed by atoms with van der Waals surface area (Å²) in [5, 5.41) is 5.84. The molecule has 1 fully saturated rings. The predicted octanol–water partition coefficient (Wildman–Crippen LogP) is 6.96. The molecule has 5 aromatic rings. The van der Waals surface area contributed by atoms with Gasteiger partial charge in [0.1, 0.15) is 10.8 Å². The van der Waals surface area contributed by atoms with Crippen LogP contribution < -0.4 is 15.4 Å². The lowest BCUT2D eigenvalue weighted by molar-refractivity contribution is 0.251. The number of nitrogens with zero attached hydrogens (tertiary/aromatic N) is 3. The Bertz CT molecular complexity index is 1620. The molecule has 2 aromatic heterocycles. The minimum absolute atomic E-state index is 0.0590. The third-order valence-corrected chi connectivity index (χ3v) is 6.43. The van der Waals surface area contributed by atoms with Gasteiger partial charge in [0.05, 0.1) is 23.2 Å². The van der Waals surface area contributed by atoms with E-state index in [1.54, 1.807) is 18.6 Å². The van der Waals surface area contributed by atoms with Gasteiger partial charge in [-0.15, -0.1) is 0 Å². The maximum atomic E-state index is 15.0. The Kier molecular flexibility index (Phi) is 5.94. The second-order valence-electron chi connectivity index (χ2n) is 8.76. The fraction of sp³-hybridized carbons (Fsp3) is 0.107. The number of fused-ring (bicyclic) bond motifs is 1. The van der Waals surface area contributed by atoms with Gasteiger partial charge in [-0.2, -0.15) is 0 Å².